The van der Waals surface area contributed by atoms with Crippen LogP contribution in [0.5, 0.6) is 0 Å². The highest BCUT2D eigenvalue weighted by atomic mass is 32.2. The second kappa shape index (κ2) is 7.27. The first kappa shape index (κ1) is 16.3. The van der Waals surface area contributed by atoms with Crippen LogP contribution in [0.2, 0.25) is 0 Å². The lowest BCUT2D eigenvalue weighted by Crippen LogP contribution is -2.39. The summed E-state index contributed by atoms with van der Waals surface area (Å²) in [6.45, 7) is 4.81. The molecule has 1 aromatic carbocycles. The summed E-state index contributed by atoms with van der Waals surface area (Å²) in [6.07, 6.45) is 5.54. The third-order valence-corrected chi connectivity index (χ3v) is 5.76. The van der Waals surface area contributed by atoms with E-state index in [2.05, 4.69) is 17.0 Å². The maximum Gasteiger partial charge on any atom is 0.242 e. The topological polar surface area (TPSA) is 58.2 Å². The molecule has 2 atom stereocenters. The average Bonchev–Trinajstić information content (AvgIpc) is 2.65. The Morgan fingerprint density at radius 2 is 1.86 bits per heavy atom. The summed E-state index contributed by atoms with van der Waals surface area (Å²) in [5.41, 5.74) is 0.675. The SMILES string of the molecule is CCNc1ccccc1S(=O)(=O)NC1CCCCCC1C. The lowest BCUT2D eigenvalue weighted by Gasteiger charge is -2.23. The van der Waals surface area contributed by atoms with Crippen LogP contribution >= 0.6 is 0 Å². The van der Waals surface area contributed by atoms with Crippen LogP contribution in [0.15, 0.2) is 29.2 Å². The molecule has 0 heterocycles. The van der Waals surface area contributed by atoms with Crippen LogP contribution in [-0.4, -0.2) is 21.0 Å². The molecule has 5 heteroatoms. The number of benzene rings is 1. The highest BCUT2D eigenvalue weighted by Gasteiger charge is 2.27. The fraction of sp³-hybridized carbons (Fsp3) is 0.625. The normalized spacial score (nSPS) is 23.5. The van der Waals surface area contributed by atoms with Gasteiger partial charge in [0, 0.05) is 12.6 Å². The van der Waals surface area contributed by atoms with E-state index in [1.807, 2.05) is 19.1 Å². The van der Waals surface area contributed by atoms with E-state index in [0.29, 0.717) is 23.0 Å². The Hall–Kier alpha value is -1.07. The maximum absolute atomic E-state index is 12.7. The fourth-order valence-electron chi connectivity index (χ4n) is 2.97. The zero-order valence-electron chi connectivity index (χ0n) is 12.9. The summed E-state index contributed by atoms with van der Waals surface area (Å²) in [6, 6.07) is 7.15. The van der Waals surface area contributed by atoms with Gasteiger partial charge < -0.3 is 5.32 Å². The molecule has 4 nitrogen and oxygen atoms in total. The fourth-order valence-corrected chi connectivity index (χ4v) is 4.53. The smallest absolute Gasteiger partial charge is 0.242 e. The number of nitrogens with one attached hydrogen (secondary N) is 2. The van der Waals surface area contributed by atoms with Crippen molar-refractivity contribution in [2.75, 3.05) is 11.9 Å². The van der Waals surface area contributed by atoms with Gasteiger partial charge in [0.2, 0.25) is 10.0 Å². The van der Waals surface area contributed by atoms with Crippen LogP contribution in [0.1, 0.15) is 46.0 Å². The summed E-state index contributed by atoms with van der Waals surface area (Å²) in [4.78, 5) is 0.350. The number of hydrogen-bond donors (Lipinski definition) is 2. The highest BCUT2D eigenvalue weighted by Crippen LogP contribution is 2.26. The molecule has 0 spiro atoms. The Morgan fingerprint density at radius 1 is 1.14 bits per heavy atom. The molecule has 0 saturated heterocycles. The van der Waals surface area contributed by atoms with Gasteiger partial charge in [-0.2, -0.15) is 0 Å². The van der Waals surface area contributed by atoms with Gasteiger partial charge in [-0.15, -0.1) is 0 Å². The average molecular weight is 310 g/mol. The zero-order valence-corrected chi connectivity index (χ0v) is 13.7. The standard InChI is InChI=1S/C16H26N2O2S/c1-3-17-15-11-7-8-12-16(15)21(19,20)18-14-10-6-4-5-9-13(14)2/h7-8,11-14,17-18H,3-6,9-10H2,1-2H3. The van der Waals surface area contributed by atoms with E-state index in [9.17, 15) is 8.42 Å². The third kappa shape index (κ3) is 4.20. The van der Waals surface area contributed by atoms with Gasteiger partial charge in [0.05, 0.1) is 5.69 Å². The van der Waals surface area contributed by atoms with E-state index in [1.165, 1.54) is 12.8 Å². The van der Waals surface area contributed by atoms with E-state index in [0.717, 1.165) is 19.3 Å². The molecule has 0 amide bonds. The lowest BCUT2D eigenvalue weighted by atomic mass is 9.98. The quantitative estimate of drug-likeness (QED) is 0.820. The van der Waals surface area contributed by atoms with Gasteiger partial charge in [-0.3, -0.25) is 0 Å². The largest absolute Gasteiger partial charge is 0.384 e. The van der Waals surface area contributed by atoms with Crippen LogP contribution in [0.4, 0.5) is 5.69 Å². The van der Waals surface area contributed by atoms with E-state index < -0.39 is 10.0 Å². The van der Waals surface area contributed by atoms with Crippen molar-refractivity contribution in [3.05, 3.63) is 24.3 Å². The number of hydrogen-bond acceptors (Lipinski definition) is 3. The maximum atomic E-state index is 12.7. The summed E-state index contributed by atoms with van der Waals surface area (Å²) < 4.78 is 28.3. The number of para-hydroxylation sites is 1. The van der Waals surface area contributed by atoms with Gasteiger partial charge in [-0.25, -0.2) is 13.1 Å². The molecule has 2 unspecified atom stereocenters. The number of sulfonamides is 1. The molecule has 1 saturated carbocycles. The second-order valence-electron chi connectivity index (χ2n) is 5.87. The molecular formula is C16H26N2O2S. The van der Waals surface area contributed by atoms with Crippen LogP contribution in [0, 0.1) is 5.92 Å². The third-order valence-electron chi connectivity index (χ3n) is 4.21. The van der Waals surface area contributed by atoms with Crippen molar-refractivity contribution in [1.29, 1.82) is 0 Å². The first-order valence-corrected chi connectivity index (χ1v) is 9.38. The Labute approximate surface area is 128 Å². The molecule has 1 aromatic rings. The molecule has 0 bridgehead atoms. The van der Waals surface area contributed by atoms with E-state index in [4.69, 9.17) is 0 Å². The number of rotatable bonds is 5. The van der Waals surface area contributed by atoms with E-state index >= 15 is 0 Å². The summed E-state index contributed by atoms with van der Waals surface area (Å²) in [5, 5.41) is 3.12. The van der Waals surface area contributed by atoms with Crippen LogP contribution < -0.4 is 10.0 Å². The van der Waals surface area contributed by atoms with Crippen molar-refractivity contribution in [2.24, 2.45) is 5.92 Å². The van der Waals surface area contributed by atoms with Crippen LogP contribution in [0.25, 0.3) is 0 Å². The molecule has 0 aliphatic heterocycles. The van der Waals surface area contributed by atoms with Crippen molar-refractivity contribution >= 4 is 15.7 Å². The van der Waals surface area contributed by atoms with Gasteiger partial charge in [0.1, 0.15) is 4.90 Å². The van der Waals surface area contributed by atoms with Gasteiger partial charge >= 0.3 is 0 Å². The Kier molecular flexibility index (Phi) is 5.65. The molecule has 2 rings (SSSR count). The number of anilines is 1. The van der Waals surface area contributed by atoms with Crippen molar-refractivity contribution < 1.29 is 8.42 Å². The minimum absolute atomic E-state index is 0.0483. The van der Waals surface area contributed by atoms with E-state index in [-0.39, 0.29) is 6.04 Å². The summed E-state index contributed by atoms with van der Waals surface area (Å²) in [5.74, 6) is 0.397. The predicted octanol–water partition coefficient (Wildman–Crippen LogP) is 3.37. The van der Waals surface area contributed by atoms with Gasteiger partial charge in [0.25, 0.3) is 0 Å². The first-order chi connectivity index (χ1) is 10.0. The molecule has 21 heavy (non-hydrogen) atoms. The molecule has 1 aliphatic carbocycles. The molecule has 1 fully saturated rings. The van der Waals surface area contributed by atoms with Gasteiger partial charge in [-0.1, -0.05) is 38.3 Å². The molecule has 118 valence electrons. The minimum Gasteiger partial charge on any atom is -0.384 e. The van der Waals surface area contributed by atoms with E-state index in [1.54, 1.807) is 12.1 Å². The Bertz CT molecular complexity index is 557. The summed E-state index contributed by atoms with van der Waals surface area (Å²) >= 11 is 0. The van der Waals surface area contributed by atoms with Gasteiger partial charge in [0.15, 0.2) is 0 Å². The van der Waals surface area contributed by atoms with Crippen LogP contribution in [0.3, 0.4) is 0 Å². The zero-order chi connectivity index (χ0) is 15.3. The molecular weight excluding hydrogens is 284 g/mol. The monoisotopic (exact) mass is 310 g/mol. The van der Waals surface area contributed by atoms with Crippen LogP contribution in [-0.2, 0) is 10.0 Å². The summed E-state index contributed by atoms with van der Waals surface area (Å²) in [7, 11) is -3.47. The minimum atomic E-state index is -3.47. The predicted molar refractivity (Wildman–Crippen MR) is 87.0 cm³/mol. The Balaban J connectivity index is 2.21. The molecule has 0 radical (unpaired) electrons. The van der Waals surface area contributed by atoms with Crippen molar-refractivity contribution in [3.63, 3.8) is 0 Å². The first-order valence-electron chi connectivity index (χ1n) is 7.90. The van der Waals surface area contributed by atoms with Crippen molar-refractivity contribution in [1.82, 2.24) is 4.72 Å². The molecule has 0 aromatic heterocycles. The highest BCUT2D eigenvalue weighted by molar-refractivity contribution is 7.89. The van der Waals surface area contributed by atoms with Gasteiger partial charge in [-0.05, 0) is 37.8 Å². The molecule has 2 N–H and O–H groups in total. The van der Waals surface area contributed by atoms with Crippen molar-refractivity contribution in [2.45, 2.75) is 56.9 Å². The van der Waals surface area contributed by atoms with Crippen molar-refractivity contribution in [3.8, 4) is 0 Å². The molecule has 1 aliphatic rings. The second-order valence-corrected chi connectivity index (χ2v) is 7.55. The lowest BCUT2D eigenvalue weighted by molar-refractivity contribution is 0.399. The Morgan fingerprint density at radius 3 is 2.62 bits per heavy atom.